The van der Waals surface area contributed by atoms with Crippen LogP contribution in [-0.2, 0) is 11.8 Å². The molecule has 7 heteroatoms. The van der Waals surface area contributed by atoms with Gasteiger partial charge in [0.05, 0.1) is 11.9 Å². The monoisotopic (exact) mass is 267 g/mol. The Morgan fingerprint density at radius 1 is 1.42 bits per heavy atom. The van der Waals surface area contributed by atoms with Crippen molar-refractivity contribution < 1.29 is 18.3 Å². The molecule has 0 unspecified atom stereocenters. The zero-order valence-electron chi connectivity index (χ0n) is 10.0. The first kappa shape index (κ1) is 13.0. The third-order valence-electron chi connectivity index (χ3n) is 2.45. The van der Waals surface area contributed by atoms with Crippen LogP contribution in [-0.4, -0.2) is 22.8 Å². The lowest BCUT2D eigenvalue weighted by molar-refractivity contribution is -0.105. The highest BCUT2D eigenvalue weighted by atomic mass is 19.3. The summed E-state index contributed by atoms with van der Waals surface area (Å²) in [7, 11) is 1.75. The number of benzene rings is 1. The number of hydrogen-bond acceptors (Lipinski definition) is 3. The van der Waals surface area contributed by atoms with Crippen LogP contribution in [0.1, 0.15) is 0 Å². The molecule has 2 rings (SSSR count). The maximum absolute atomic E-state index is 12.3. The van der Waals surface area contributed by atoms with Gasteiger partial charge < -0.3 is 10.1 Å². The van der Waals surface area contributed by atoms with Gasteiger partial charge in [0.15, 0.2) is 0 Å². The molecule has 5 nitrogen and oxygen atoms in total. The molecule has 0 aliphatic carbocycles. The van der Waals surface area contributed by atoms with Crippen LogP contribution in [0.25, 0.3) is 11.1 Å². The Hall–Kier alpha value is -2.44. The SMILES string of the molecule is Cn1cc(-c2ccc(NC=O)c(OC(F)F)c2)cn1. The van der Waals surface area contributed by atoms with Gasteiger partial charge in [0, 0.05) is 18.8 Å². The van der Waals surface area contributed by atoms with Crippen LogP contribution >= 0.6 is 0 Å². The van der Waals surface area contributed by atoms with Gasteiger partial charge in [0.1, 0.15) is 5.75 Å². The summed E-state index contributed by atoms with van der Waals surface area (Å²) >= 11 is 0. The standard InChI is InChI=1S/C12H11F2N3O2/c1-17-6-9(5-16-17)8-2-3-10(15-7-18)11(4-8)19-12(13)14/h2-7,12H,1H3,(H,15,18). The number of nitrogens with one attached hydrogen (secondary N) is 1. The topological polar surface area (TPSA) is 56.2 Å². The predicted octanol–water partition coefficient (Wildman–Crippen LogP) is 2.26. The zero-order valence-corrected chi connectivity index (χ0v) is 10.0. The summed E-state index contributed by atoms with van der Waals surface area (Å²) in [6.45, 7) is -2.96. The molecule has 0 fully saturated rings. The molecule has 0 bridgehead atoms. The number of carbonyl (C=O) groups excluding carboxylic acids is 1. The van der Waals surface area contributed by atoms with Crippen molar-refractivity contribution in [2.45, 2.75) is 6.61 Å². The largest absolute Gasteiger partial charge is 0.433 e. The lowest BCUT2D eigenvalue weighted by Crippen LogP contribution is -2.05. The molecule has 1 amide bonds. The molecule has 1 heterocycles. The van der Waals surface area contributed by atoms with Crippen molar-refractivity contribution in [2.24, 2.45) is 7.05 Å². The smallest absolute Gasteiger partial charge is 0.387 e. The Morgan fingerprint density at radius 3 is 2.79 bits per heavy atom. The van der Waals surface area contributed by atoms with Gasteiger partial charge in [-0.3, -0.25) is 9.48 Å². The second-order valence-electron chi connectivity index (χ2n) is 3.75. The van der Waals surface area contributed by atoms with Crippen LogP contribution in [0.5, 0.6) is 5.75 Å². The van der Waals surface area contributed by atoms with E-state index in [4.69, 9.17) is 0 Å². The normalized spacial score (nSPS) is 10.5. The third-order valence-corrected chi connectivity index (χ3v) is 2.45. The number of alkyl halides is 2. The Bertz CT molecular complexity index is 584. The van der Waals surface area contributed by atoms with Crippen molar-refractivity contribution in [3.8, 4) is 16.9 Å². The van der Waals surface area contributed by atoms with Crippen LogP contribution < -0.4 is 10.1 Å². The summed E-state index contributed by atoms with van der Waals surface area (Å²) in [4.78, 5) is 10.4. The first-order valence-corrected chi connectivity index (χ1v) is 5.38. The Labute approximate surface area is 107 Å². The molecule has 0 atom stereocenters. The molecular weight excluding hydrogens is 256 g/mol. The van der Waals surface area contributed by atoms with Crippen LogP contribution in [0, 0.1) is 0 Å². The number of aryl methyl sites for hydroxylation is 1. The second kappa shape index (κ2) is 5.47. The summed E-state index contributed by atoms with van der Waals surface area (Å²) in [5.74, 6) is -0.0940. The van der Waals surface area contributed by atoms with Crippen molar-refractivity contribution in [3.05, 3.63) is 30.6 Å². The van der Waals surface area contributed by atoms with E-state index in [0.717, 1.165) is 5.56 Å². The van der Waals surface area contributed by atoms with E-state index in [1.165, 1.54) is 12.1 Å². The fraction of sp³-hybridized carbons (Fsp3) is 0.167. The van der Waals surface area contributed by atoms with Crippen molar-refractivity contribution >= 4 is 12.1 Å². The number of hydrogen-bond donors (Lipinski definition) is 1. The molecule has 0 spiro atoms. The predicted molar refractivity (Wildman–Crippen MR) is 65.0 cm³/mol. The van der Waals surface area contributed by atoms with Crippen LogP contribution in [0.15, 0.2) is 30.6 Å². The molecule has 0 saturated carbocycles. The van der Waals surface area contributed by atoms with Gasteiger partial charge in [-0.1, -0.05) is 6.07 Å². The van der Waals surface area contributed by atoms with Gasteiger partial charge in [-0.2, -0.15) is 13.9 Å². The Kier molecular flexibility index (Phi) is 3.74. The highest BCUT2D eigenvalue weighted by Gasteiger charge is 2.12. The van der Waals surface area contributed by atoms with Gasteiger partial charge in [0.25, 0.3) is 0 Å². The molecule has 1 N–H and O–H groups in total. The van der Waals surface area contributed by atoms with E-state index < -0.39 is 6.61 Å². The number of amides is 1. The zero-order chi connectivity index (χ0) is 13.8. The van der Waals surface area contributed by atoms with E-state index in [2.05, 4.69) is 15.2 Å². The summed E-state index contributed by atoms with van der Waals surface area (Å²) < 4.78 is 30.6. The van der Waals surface area contributed by atoms with Crippen molar-refractivity contribution in [1.82, 2.24) is 9.78 Å². The minimum absolute atomic E-state index is 0.0940. The number of aromatic nitrogens is 2. The number of anilines is 1. The van der Waals surface area contributed by atoms with Gasteiger partial charge in [-0.25, -0.2) is 0 Å². The summed E-state index contributed by atoms with van der Waals surface area (Å²) in [6.07, 6.45) is 3.75. The van der Waals surface area contributed by atoms with E-state index in [0.29, 0.717) is 12.0 Å². The van der Waals surface area contributed by atoms with Gasteiger partial charge in [-0.15, -0.1) is 0 Å². The van der Waals surface area contributed by atoms with Crippen molar-refractivity contribution in [2.75, 3.05) is 5.32 Å². The number of ether oxygens (including phenoxy) is 1. The van der Waals surface area contributed by atoms with Gasteiger partial charge in [0.2, 0.25) is 6.41 Å². The van der Waals surface area contributed by atoms with E-state index in [1.54, 1.807) is 30.2 Å². The van der Waals surface area contributed by atoms with Crippen LogP contribution in [0.4, 0.5) is 14.5 Å². The Morgan fingerprint density at radius 2 is 2.21 bits per heavy atom. The molecule has 0 radical (unpaired) electrons. The molecule has 0 saturated heterocycles. The summed E-state index contributed by atoms with van der Waals surface area (Å²) in [5, 5.41) is 6.30. The lowest BCUT2D eigenvalue weighted by Gasteiger charge is -2.11. The lowest BCUT2D eigenvalue weighted by atomic mass is 10.1. The fourth-order valence-corrected chi connectivity index (χ4v) is 1.65. The highest BCUT2D eigenvalue weighted by molar-refractivity contribution is 5.78. The van der Waals surface area contributed by atoms with Crippen LogP contribution in [0.2, 0.25) is 0 Å². The minimum Gasteiger partial charge on any atom is -0.433 e. The summed E-state index contributed by atoms with van der Waals surface area (Å²) in [6, 6.07) is 4.60. The molecule has 1 aromatic carbocycles. The quantitative estimate of drug-likeness (QED) is 0.845. The van der Waals surface area contributed by atoms with E-state index in [-0.39, 0.29) is 11.4 Å². The molecule has 2 aromatic rings. The van der Waals surface area contributed by atoms with E-state index in [9.17, 15) is 13.6 Å². The average Bonchev–Trinajstić information content (AvgIpc) is 2.78. The van der Waals surface area contributed by atoms with Crippen molar-refractivity contribution in [1.29, 1.82) is 0 Å². The molecule has 0 aliphatic rings. The molecule has 0 aliphatic heterocycles. The number of nitrogens with zero attached hydrogens (tertiary/aromatic N) is 2. The maximum Gasteiger partial charge on any atom is 0.387 e. The number of halogens is 2. The summed E-state index contributed by atoms with van der Waals surface area (Å²) in [5.41, 5.74) is 1.61. The third kappa shape index (κ3) is 3.06. The van der Waals surface area contributed by atoms with Crippen LogP contribution in [0.3, 0.4) is 0 Å². The highest BCUT2D eigenvalue weighted by Crippen LogP contribution is 2.31. The minimum atomic E-state index is -2.96. The molecule has 19 heavy (non-hydrogen) atoms. The fourth-order valence-electron chi connectivity index (χ4n) is 1.65. The number of rotatable bonds is 5. The first-order chi connectivity index (χ1) is 9.10. The van der Waals surface area contributed by atoms with E-state index in [1.807, 2.05) is 0 Å². The van der Waals surface area contributed by atoms with E-state index >= 15 is 0 Å². The van der Waals surface area contributed by atoms with Gasteiger partial charge in [-0.05, 0) is 17.7 Å². The number of carbonyl (C=O) groups is 1. The van der Waals surface area contributed by atoms with Crippen molar-refractivity contribution in [3.63, 3.8) is 0 Å². The average molecular weight is 267 g/mol. The molecular formula is C12H11F2N3O2. The second-order valence-corrected chi connectivity index (χ2v) is 3.75. The molecule has 100 valence electrons. The van der Waals surface area contributed by atoms with Gasteiger partial charge >= 0.3 is 6.61 Å². The Balaban J connectivity index is 2.39. The first-order valence-electron chi connectivity index (χ1n) is 5.38. The maximum atomic E-state index is 12.3. The molecule has 1 aromatic heterocycles.